The maximum atomic E-state index is 12.0. The fourth-order valence-electron chi connectivity index (χ4n) is 3.94. The van der Waals surface area contributed by atoms with Gasteiger partial charge in [0.05, 0.1) is 23.1 Å². The predicted octanol–water partition coefficient (Wildman–Crippen LogP) is 6.28. The highest BCUT2D eigenvalue weighted by Crippen LogP contribution is 2.31. The summed E-state index contributed by atoms with van der Waals surface area (Å²) in [5.74, 6) is 1.24. The van der Waals surface area contributed by atoms with Gasteiger partial charge >= 0.3 is 5.97 Å². The van der Waals surface area contributed by atoms with Gasteiger partial charge in [-0.05, 0) is 88.8 Å². The number of esters is 1. The number of hydrogen-bond acceptors (Lipinski definition) is 7. The summed E-state index contributed by atoms with van der Waals surface area (Å²) in [4.78, 5) is 18.7. The van der Waals surface area contributed by atoms with Crippen LogP contribution in [0.15, 0.2) is 53.2 Å². The molecule has 8 nitrogen and oxygen atoms in total. The summed E-state index contributed by atoms with van der Waals surface area (Å²) >= 11 is 6.37. The lowest BCUT2D eigenvalue weighted by Gasteiger charge is -2.21. The van der Waals surface area contributed by atoms with Crippen molar-refractivity contribution in [3.63, 3.8) is 0 Å². The topological polar surface area (TPSA) is 82.6 Å². The van der Waals surface area contributed by atoms with Crippen LogP contribution in [0.3, 0.4) is 0 Å². The van der Waals surface area contributed by atoms with Crippen LogP contribution < -0.4 is 4.74 Å². The van der Waals surface area contributed by atoms with Gasteiger partial charge in [0.25, 0.3) is 11.8 Å². The second kappa shape index (κ2) is 10.9. The third-order valence-corrected chi connectivity index (χ3v) is 5.79. The van der Waals surface area contributed by atoms with Crippen LogP contribution in [0, 0.1) is 0 Å². The minimum atomic E-state index is -0.465. The molecule has 0 amide bonds. The van der Waals surface area contributed by atoms with E-state index >= 15 is 0 Å². The molecule has 4 rings (SSSR count). The van der Waals surface area contributed by atoms with E-state index in [0.29, 0.717) is 47.7 Å². The third-order valence-electron chi connectivity index (χ3n) is 5.50. The number of nitrogens with zero attached hydrogens (tertiary/aromatic N) is 4. The van der Waals surface area contributed by atoms with Gasteiger partial charge in [0, 0.05) is 30.2 Å². The van der Waals surface area contributed by atoms with Gasteiger partial charge in [0.1, 0.15) is 11.4 Å². The largest absolute Gasteiger partial charge is 0.489 e. The molecule has 2 aromatic heterocycles. The molecule has 0 saturated heterocycles. The lowest BCUT2D eigenvalue weighted by Crippen LogP contribution is -2.27. The summed E-state index contributed by atoms with van der Waals surface area (Å²) in [6, 6.07) is 13.7. The Morgan fingerprint density at radius 3 is 2.65 bits per heavy atom. The van der Waals surface area contributed by atoms with Gasteiger partial charge in [0.2, 0.25) is 0 Å². The summed E-state index contributed by atoms with van der Waals surface area (Å²) in [5, 5.41) is 5.72. The molecule has 0 aliphatic heterocycles. The highest BCUT2D eigenvalue weighted by atomic mass is 35.5. The van der Waals surface area contributed by atoms with Crippen LogP contribution in [0.4, 0.5) is 0 Å². The fraction of sp³-hybridized carbons (Fsp3) is 0.393. The molecular weight excluding hydrogens is 492 g/mol. The first-order valence-electron chi connectivity index (χ1n) is 12.3. The van der Waals surface area contributed by atoms with E-state index < -0.39 is 5.60 Å². The molecule has 0 aliphatic carbocycles. The number of carbonyl (C=O) groups excluding carboxylic acids is 1. The van der Waals surface area contributed by atoms with E-state index in [9.17, 15) is 4.79 Å². The van der Waals surface area contributed by atoms with Gasteiger partial charge in [-0.2, -0.15) is 4.98 Å². The number of ether oxygens (including phenoxy) is 2. The molecule has 2 heterocycles. The van der Waals surface area contributed by atoms with Gasteiger partial charge in [-0.15, -0.1) is 0 Å². The van der Waals surface area contributed by atoms with Crippen LogP contribution >= 0.6 is 11.6 Å². The van der Waals surface area contributed by atoms with Gasteiger partial charge in [0.15, 0.2) is 0 Å². The number of hydrogen-bond donors (Lipinski definition) is 0. The van der Waals surface area contributed by atoms with Crippen LogP contribution in [0.25, 0.3) is 28.3 Å². The Balaban J connectivity index is 1.44. The molecule has 2 aromatic carbocycles. The van der Waals surface area contributed by atoms with E-state index in [1.165, 1.54) is 0 Å². The second-order valence-electron chi connectivity index (χ2n) is 10.4. The standard InChI is InChI=1S/C28H33ClN4O4/c1-18(2)35-24-10-8-21(16-22(24)29)26-30-27(31-37-26)33-14-11-20-15-19(7-9-23(20)33)17-32(6)13-12-25(34)36-28(3,4)5/h7-11,14-16,18H,12-13,17H2,1-6H3. The van der Waals surface area contributed by atoms with Crippen molar-refractivity contribution in [1.82, 2.24) is 19.6 Å². The van der Waals surface area contributed by atoms with Crippen molar-refractivity contribution in [2.24, 2.45) is 0 Å². The SMILES string of the molecule is CC(C)Oc1ccc(-c2nc(-n3ccc4cc(CN(C)CCC(=O)OC(C)(C)C)ccc43)no2)cc1Cl. The highest BCUT2D eigenvalue weighted by Gasteiger charge is 2.17. The molecule has 196 valence electrons. The normalized spacial score (nSPS) is 12.0. The van der Waals surface area contributed by atoms with Crippen LogP contribution in [-0.4, -0.2) is 50.9 Å². The molecule has 0 spiro atoms. The molecule has 37 heavy (non-hydrogen) atoms. The number of halogens is 1. The molecule has 0 atom stereocenters. The average Bonchev–Trinajstić information content (AvgIpc) is 3.44. The molecule has 0 radical (unpaired) electrons. The van der Waals surface area contributed by atoms with Crippen LogP contribution in [0.2, 0.25) is 5.02 Å². The van der Waals surface area contributed by atoms with Gasteiger partial charge in [-0.1, -0.05) is 17.7 Å². The smallest absolute Gasteiger partial charge is 0.307 e. The Labute approximate surface area is 222 Å². The van der Waals surface area contributed by atoms with Crippen molar-refractivity contribution in [2.45, 2.75) is 59.3 Å². The Bertz CT molecular complexity index is 1390. The lowest BCUT2D eigenvalue weighted by molar-refractivity contribution is -0.155. The predicted molar refractivity (Wildman–Crippen MR) is 144 cm³/mol. The van der Waals surface area contributed by atoms with Crippen LogP contribution in [-0.2, 0) is 16.1 Å². The molecule has 0 saturated carbocycles. The molecule has 0 aliphatic rings. The maximum absolute atomic E-state index is 12.0. The number of benzene rings is 2. The summed E-state index contributed by atoms with van der Waals surface area (Å²) in [5.41, 5.74) is 2.36. The molecular formula is C28H33ClN4O4. The Hall–Kier alpha value is -3.36. The Morgan fingerprint density at radius 1 is 1.16 bits per heavy atom. The summed E-state index contributed by atoms with van der Waals surface area (Å²) in [6.45, 7) is 10.9. The second-order valence-corrected chi connectivity index (χ2v) is 10.8. The number of aromatic nitrogens is 3. The maximum Gasteiger partial charge on any atom is 0.307 e. The van der Waals surface area contributed by atoms with Gasteiger partial charge in [-0.3, -0.25) is 9.36 Å². The molecule has 0 fully saturated rings. The Kier molecular flexibility index (Phi) is 7.90. The van der Waals surface area contributed by atoms with Gasteiger partial charge < -0.3 is 18.9 Å². The molecule has 0 unspecified atom stereocenters. The molecule has 4 aromatic rings. The zero-order chi connectivity index (χ0) is 26.7. The number of carbonyl (C=O) groups is 1. The van der Waals surface area contributed by atoms with Crippen molar-refractivity contribution in [3.05, 3.63) is 59.2 Å². The molecule has 0 bridgehead atoms. The van der Waals surface area contributed by atoms with Crippen LogP contribution in [0.1, 0.15) is 46.6 Å². The monoisotopic (exact) mass is 524 g/mol. The molecule has 0 N–H and O–H groups in total. The van der Waals surface area contributed by atoms with Crippen molar-refractivity contribution >= 4 is 28.5 Å². The van der Waals surface area contributed by atoms with E-state index in [4.69, 9.17) is 25.6 Å². The van der Waals surface area contributed by atoms with E-state index in [0.717, 1.165) is 16.5 Å². The van der Waals surface area contributed by atoms with Crippen molar-refractivity contribution in [1.29, 1.82) is 0 Å². The summed E-state index contributed by atoms with van der Waals surface area (Å²) in [6.07, 6.45) is 2.30. The van der Waals surface area contributed by atoms with Crippen molar-refractivity contribution < 1.29 is 18.8 Å². The minimum absolute atomic E-state index is 0.0264. The first kappa shape index (κ1) is 26.7. The lowest BCUT2D eigenvalue weighted by atomic mass is 10.1. The van der Waals surface area contributed by atoms with Crippen LogP contribution in [0.5, 0.6) is 5.75 Å². The Morgan fingerprint density at radius 2 is 1.95 bits per heavy atom. The zero-order valence-corrected chi connectivity index (χ0v) is 22.9. The minimum Gasteiger partial charge on any atom is -0.489 e. The highest BCUT2D eigenvalue weighted by molar-refractivity contribution is 6.32. The van der Waals surface area contributed by atoms with Crippen molar-refractivity contribution in [2.75, 3.05) is 13.6 Å². The third kappa shape index (κ3) is 6.90. The summed E-state index contributed by atoms with van der Waals surface area (Å²) in [7, 11) is 1.99. The number of fused-ring (bicyclic) bond motifs is 1. The molecule has 9 heteroatoms. The van der Waals surface area contributed by atoms with E-state index in [1.807, 2.05) is 70.6 Å². The van der Waals surface area contributed by atoms with E-state index in [2.05, 4.69) is 27.2 Å². The van der Waals surface area contributed by atoms with Crippen molar-refractivity contribution in [3.8, 4) is 23.2 Å². The fourth-order valence-corrected chi connectivity index (χ4v) is 4.17. The average molecular weight is 525 g/mol. The summed E-state index contributed by atoms with van der Waals surface area (Å²) < 4.78 is 18.5. The first-order chi connectivity index (χ1) is 17.5. The van der Waals surface area contributed by atoms with E-state index in [-0.39, 0.29) is 12.1 Å². The first-order valence-corrected chi connectivity index (χ1v) is 12.7. The zero-order valence-electron chi connectivity index (χ0n) is 22.1. The quantitative estimate of drug-likeness (QED) is 0.238. The number of rotatable bonds is 9. The van der Waals surface area contributed by atoms with Gasteiger partial charge in [-0.25, -0.2) is 0 Å². The van der Waals surface area contributed by atoms with E-state index in [1.54, 1.807) is 12.1 Å².